The van der Waals surface area contributed by atoms with E-state index in [-0.39, 0.29) is 0 Å². The van der Waals surface area contributed by atoms with Gasteiger partial charge in [-0.05, 0) is 78.5 Å². The molecule has 0 saturated carbocycles. The van der Waals surface area contributed by atoms with Gasteiger partial charge < -0.3 is 0 Å². The van der Waals surface area contributed by atoms with Crippen molar-refractivity contribution in [3.8, 4) is 56.3 Å². The highest BCUT2D eigenvalue weighted by Crippen LogP contribution is 2.42. The lowest BCUT2D eigenvalue weighted by Crippen LogP contribution is -1.98. The minimum absolute atomic E-state index is 0.685. The SMILES string of the molecule is c1ccc(-c2nc3cc(-c4cc(-c5cc6ccccc6c6ccccc56)nc(-c5cc6ccccc6c6ccccc56)n4)ccc3c3c(-c4ccccc4)cccc23)cc1. The first-order valence-corrected chi connectivity index (χ1v) is 20.4. The lowest BCUT2D eigenvalue weighted by atomic mass is 9.92. The molecule has 0 atom stereocenters. The van der Waals surface area contributed by atoms with Crippen molar-refractivity contribution in [2.45, 2.75) is 0 Å². The number of hydrogen-bond donors (Lipinski definition) is 0. The van der Waals surface area contributed by atoms with Gasteiger partial charge in [-0.1, -0.05) is 188 Å². The second-order valence-electron chi connectivity index (χ2n) is 15.5. The number of benzene rings is 10. The van der Waals surface area contributed by atoms with Crippen LogP contribution < -0.4 is 0 Å². The number of hydrogen-bond acceptors (Lipinski definition) is 3. The molecule has 12 aromatic rings. The van der Waals surface area contributed by atoms with Crippen LogP contribution in [-0.4, -0.2) is 15.0 Å². The highest BCUT2D eigenvalue weighted by Gasteiger charge is 2.19. The van der Waals surface area contributed by atoms with Gasteiger partial charge in [-0.3, -0.25) is 0 Å². The monoisotopic (exact) mass is 761 g/mol. The number of fused-ring (bicyclic) bond motifs is 9. The fourth-order valence-corrected chi connectivity index (χ4v) is 9.25. The quantitative estimate of drug-likeness (QED) is 0.164. The molecule has 0 fully saturated rings. The Hall–Kier alpha value is -8.01. The fraction of sp³-hybridized carbons (Fsp3) is 0. The van der Waals surface area contributed by atoms with Crippen LogP contribution in [0, 0.1) is 0 Å². The Morgan fingerprint density at radius 1 is 0.267 bits per heavy atom. The Bertz CT molecular complexity index is 3510. The van der Waals surface area contributed by atoms with E-state index in [1.807, 2.05) is 0 Å². The maximum atomic E-state index is 5.49. The number of pyridine rings is 1. The third-order valence-electron chi connectivity index (χ3n) is 12.0. The Kier molecular flexibility index (Phi) is 7.85. The lowest BCUT2D eigenvalue weighted by molar-refractivity contribution is 1.19. The van der Waals surface area contributed by atoms with Gasteiger partial charge in [-0.25, -0.2) is 15.0 Å². The molecule has 3 nitrogen and oxygen atoms in total. The molecule has 2 heterocycles. The van der Waals surface area contributed by atoms with Gasteiger partial charge in [0.05, 0.1) is 22.6 Å². The van der Waals surface area contributed by atoms with Gasteiger partial charge in [0.1, 0.15) is 0 Å². The van der Waals surface area contributed by atoms with E-state index in [0.717, 1.165) is 71.8 Å². The van der Waals surface area contributed by atoms with Gasteiger partial charge >= 0.3 is 0 Å². The molecular formula is C57H35N3. The zero-order chi connectivity index (χ0) is 39.6. The summed E-state index contributed by atoms with van der Waals surface area (Å²) in [5, 5.41) is 12.8. The highest BCUT2D eigenvalue weighted by molar-refractivity contribution is 6.18. The van der Waals surface area contributed by atoms with Gasteiger partial charge in [0.2, 0.25) is 0 Å². The molecule has 0 radical (unpaired) electrons. The van der Waals surface area contributed by atoms with Crippen LogP contribution in [0.25, 0.3) is 121 Å². The van der Waals surface area contributed by atoms with E-state index in [0.29, 0.717) is 5.82 Å². The summed E-state index contributed by atoms with van der Waals surface area (Å²) in [4.78, 5) is 16.4. The molecule has 0 saturated heterocycles. The first kappa shape index (κ1) is 34.1. The van der Waals surface area contributed by atoms with E-state index >= 15 is 0 Å². The molecule has 278 valence electrons. The van der Waals surface area contributed by atoms with Crippen molar-refractivity contribution in [3.05, 3.63) is 212 Å². The Morgan fingerprint density at radius 3 is 1.48 bits per heavy atom. The second kappa shape index (κ2) is 13.8. The summed E-state index contributed by atoms with van der Waals surface area (Å²) >= 11 is 0. The van der Waals surface area contributed by atoms with Crippen molar-refractivity contribution in [1.82, 2.24) is 15.0 Å². The van der Waals surface area contributed by atoms with Crippen LogP contribution in [0.15, 0.2) is 212 Å². The Labute approximate surface area is 346 Å². The molecule has 60 heavy (non-hydrogen) atoms. The molecule has 0 aliphatic heterocycles. The molecule has 0 N–H and O–H groups in total. The van der Waals surface area contributed by atoms with Crippen LogP contribution in [-0.2, 0) is 0 Å². The third-order valence-corrected chi connectivity index (χ3v) is 12.0. The zero-order valence-corrected chi connectivity index (χ0v) is 32.5. The molecule has 0 aliphatic rings. The van der Waals surface area contributed by atoms with Crippen molar-refractivity contribution in [2.75, 3.05) is 0 Å². The summed E-state index contributed by atoms with van der Waals surface area (Å²) in [6.07, 6.45) is 0. The Balaban J connectivity index is 1.16. The largest absolute Gasteiger partial charge is 0.247 e. The minimum Gasteiger partial charge on any atom is -0.247 e. The summed E-state index contributed by atoms with van der Waals surface area (Å²) < 4.78 is 0. The fourth-order valence-electron chi connectivity index (χ4n) is 9.25. The summed E-state index contributed by atoms with van der Waals surface area (Å²) in [6, 6.07) is 75.6. The standard InChI is InChI=1S/C57H35N3/c1-3-16-36(17-4-1)43-28-15-29-49-55(43)48-31-30-40(34-53(48)58-56(49)37-18-5-2-6-19-37)52-35-54(50-32-38-20-7-9-22-41(38)44-24-11-13-26-46(44)50)60-57(59-52)51-33-39-21-8-10-23-42(39)45-25-12-14-27-47(45)51/h1-35H. The molecular weight excluding hydrogens is 727 g/mol. The number of nitrogens with zero attached hydrogens (tertiary/aromatic N) is 3. The number of rotatable bonds is 5. The summed E-state index contributed by atoms with van der Waals surface area (Å²) in [5.41, 5.74) is 10.1. The van der Waals surface area contributed by atoms with E-state index in [9.17, 15) is 0 Å². The van der Waals surface area contributed by atoms with E-state index in [4.69, 9.17) is 15.0 Å². The van der Waals surface area contributed by atoms with Crippen LogP contribution in [0.1, 0.15) is 0 Å². The maximum absolute atomic E-state index is 5.49. The van der Waals surface area contributed by atoms with Crippen LogP contribution >= 0.6 is 0 Å². The van der Waals surface area contributed by atoms with E-state index in [1.165, 1.54) is 43.4 Å². The zero-order valence-electron chi connectivity index (χ0n) is 32.5. The third kappa shape index (κ3) is 5.55. The topological polar surface area (TPSA) is 38.7 Å². The van der Waals surface area contributed by atoms with Gasteiger partial charge in [0.15, 0.2) is 5.82 Å². The predicted molar refractivity (Wildman–Crippen MR) is 252 cm³/mol. The molecule has 0 aliphatic carbocycles. The molecule has 2 aromatic heterocycles. The van der Waals surface area contributed by atoms with Crippen molar-refractivity contribution in [3.63, 3.8) is 0 Å². The molecule has 0 amide bonds. The molecule has 12 rings (SSSR count). The number of aromatic nitrogens is 3. The average Bonchev–Trinajstić information content (AvgIpc) is 3.33. The lowest BCUT2D eigenvalue weighted by Gasteiger charge is -2.16. The van der Waals surface area contributed by atoms with Gasteiger partial charge in [-0.15, -0.1) is 0 Å². The Morgan fingerprint density at radius 2 is 0.800 bits per heavy atom. The van der Waals surface area contributed by atoms with Crippen molar-refractivity contribution in [1.29, 1.82) is 0 Å². The van der Waals surface area contributed by atoms with E-state index < -0.39 is 0 Å². The van der Waals surface area contributed by atoms with Crippen LogP contribution in [0.4, 0.5) is 0 Å². The van der Waals surface area contributed by atoms with Gasteiger partial charge in [-0.2, -0.15) is 0 Å². The smallest absolute Gasteiger partial charge is 0.161 e. The van der Waals surface area contributed by atoms with Crippen molar-refractivity contribution >= 4 is 64.8 Å². The van der Waals surface area contributed by atoms with Gasteiger partial charge in [0, 0.05) is 38.4 Å². The normalized spacial score (nSPS) is 11.7. The average molecular weight is 762 g/mol. The summed E-state index contributed by atoms with van der Waals surface area (Å²) in [5.74, 6) is 0.685. The molecule has 0 bridgehead atoms. The summed E-state index contributed by atoms with van der Waals surface area (Å²) in [6.45, 7) is 0. The molecule has 0 unspecified atom stereocenters. The first-order chi connectivity index (χ1) is 29.7. The van der Waals surface area contributed by atoms with E-state index in [2.05, 4.69) is 212 Å². The van der Waals surface area contributed by atoms with Crippen LogP contribution in [0.2, 0.25) is 0 Å². The molecule has 3 heteroatoms. The first-order valence-electron chi connectivity index (χ1n) is 20.4. The predicted octanol–water partition coefficient (Wildman–Crippen LogP) is 15.1. The molecule has 10 aromatic carbocycles. The van der Waals surface area contributed by atoms with Gasteiger partial charge in [0.25, 0.3) is 0 Å². The van der Waals surface area contributed by atoms with Crippen LogP contribution in [0.3, 0.4) is 0 Å². The van der Waals surface area contributed by atoms with Crippen molar-refractivity contribution in [2.24, 2.45) is 0 Å². The second-order valence-corrected chi connectivity index (χ2v) is 15.5. The van der Waals surface area contributed by atoms with Crippen molar-refractivity contribution < 1.29 is 0 Å². The summed E-state index contributed by atoms with van der Waals surface area (Å²) in [7, 11) is 0. The highest BCUT2D eigenvalue weighted by atomic mass is 14.9. The minimum atomic E-state index is 0.685. The van der Waals surface area contributed by atoms with E-state index in [1.54, 1.807) is 0 Å². The molecule has 0 spiro atoms. The maximum Gasteiger partial charge on any atom is 0.161 e. The van der Waals surface area contributed by atoms with Crippen LogP contribution in [0.5, 0.6) is 0 Å².